The van der Waals surface area contributed by atoms with E-state index in [0.29, 0.717) is 45.1 Å². The van der Waals surface area contributed by atoms with Gasteiger partial charge in [-0.1, -0.05) is 169 Å². The number of carboxylic acids is 1. The third-order valence-corrected chi connectivity index (χ3v) is 16.2. The number of esters is 2. The lowest BCUT2D eigenvalue weighted by Gasteiger charge is -2.29. The first-order valence-electron chi connectivity index (χ1n) is 34.0. The number of ketones is 2. The van der Waals surface area contributed by atoms with E-state index in [4.69, 9.17) is 15.5 Å². The number of ether oxygens (including phenoxy) is 2. The van der Waals surface area contributed by atoms with Gasteiger partial charge in [-0.2, -0.15) is 0 Å². The first kappa shape index (κ1) is 89.2. The molecule has 0 aliphatic carbocycles. The Balaban J connectivity index is 0.000000836. The van der Waals surface area contributed by atoms with E-state index in [-0.39, 0.29) is 79.3 Å². The summed E-state index contributed by atoms with van der Waals surface area (Å²) in [6.45, 7) is 19.2. The van der Waals surface area contributed by atoms with Crippen molar-refractivity contribution in [1.82, 2.24) is 36.9 Å². The second-order valence-corrected chi connectivity index (χ2v) is 25.8. The molecule has 10 atom stereocenters. The van der Waals surface area contributed by atoms with E-state index in [1.807, 2.05) is 163 Å². The Hall–Kier alpha value is -6.77. The number of carboxylic acid groups (broad SMARTS) is 1. The van der Waals surface area contributed by atoms with Gasteiger partial charge in [-0.05, 0) is 132 Å². The molecule has 0 aliphatic rings. The maximum Gasteiger partial charge on any atom is 0.374 e. The summed E-state index contributed by atoms with van der Waals surface area (Å²) in [7, 11) is -0.449. The molecule has 3 amide bonds. The molecule has 0 aliphatic heterocycles. The van der Waals surface area contributed by atoms with Crippen LogP contribution in [0, 0.1) is 23.7 Å². The normalized spacial score (nSPS) is 13.9. The van der Waals surface area contributed by atoms with E-state index in [2.05, 4.69) is 41.6 Å². The van der Waals surface area contributed by atoms with Crippen molar-refractivity contribution < 1.29 is 73.0 Å². The molecule has 0 radical (unpaired) electrons. The van der Waals surface area contributed by atoms with Gasteiger partial charge in [0.15, 0.2) is 11.6 Å². The highest BCUT2D eigenvalue weighted by Gasteiger charge is 2.36. The Morgan fingerprint density at radius 3 is 1.15 bits per heavy atom. The molecule has 0 spiro atoms. The minimum Gasteiger partial charge on any atom is -0.481 e. The molecule has 540 valence electrons. The highest BCUT2D eigenvalue weighted by atomic mass is 35.5. The third kappa shape index (κ3) is 36.9. The molecular weight excluding hydrogens is 1270 g/mol. The Morgan fingerprint density at radius 1 is 0.459 bits per heavy atom. The van der Waals surface area contributed by atoms with E-state index in [1.54, 1.807) is 13.6 Å². The van der Waals surface area contributed by atoms with Gasteiger partial charge in [0.05, 0.1) is 44.3 Å². The quantitative estimate of drug-likeness (QED) is 0.0141. The van der Waals surface area contributed by atoms with Crippen molar-refractivity contribution in [2.45, 2.75) is 194 Å². The van der Waals surface area contributed by atoms with Crippen molar-refractivity contribution in [1.29, 1.82) is 0 Å². The van der Waals surface area contributed by atoms with E-state index in [1.165, 1.54) is 27.9 Å². The molecule has 0 bridgehead atoms. The molecule has 0 aromatic heterocycles. The average Bonchev–Trinajstić information content (AvgIpc) is 0.853. The summed E-state index contributed by atoms with van der Waals surface area (Å²) in [4.78, 5) is 104. The molecule has 0 unspecified atom stereocenters. The fourth-order valence-electron chi connectivity index (χ4n) is 11.0. The van der Waals surface area contributed by atoms with Gasteiger partial charge < -0.3 is 77.3 Å². The van der Waals surface area contributed by atoms with E-state index in [9.17, 15) is 58.5 Å². The Bertz CT molecular complexity index is 2920. The van der Waals surface area contributed by atoms with Gasteiger partial charge in [-0.25, -0.2) is 4.79 Å². The van der Waals surface area contributed by atoms with Crippen LogP contribution in [0.25, 0.3) is 0 Å². The predicted octanol–water partition coefficient (Wildman–Crippen LogP) is 5.81. The van der Waals surface area contributed by atoms with Crippen LogP contribution < -0.4 is 42.6 Å². The maximum atomic E-state index is 14.1. The van der Waals surface area contributed by atoms with E-state index < -0.39 is 106 Å². The van der Waals surface area contributed by atoms with Crippen LogP contribution in [0.3, 0.4) is 0 Å². The van der Waals surface area contributed by atoms with Crippen LogP contribution in [0.2, 0.25) is 27.3 Å². The number of rotatable bonds is 43. The number of hydrogen-bond acceptors (Lipinski definition) is 19. The highest BCUT2D eigenvalue weighted by Crippen LogP contribution is 2.25. The van der Waals surface area contributed by atoms with Crippen molar-refractivity contribution in [2.24, 2.45) is 29.4 Å². The summed E-state index contributed by atoms with van der Waals surface area (Å²) in [5.74, 6) is -5.84. The fraction of sp³-hybridized carbons (Fsp3) is 0.543. The largest absolute Gasteiger partial charge is 0.481 e. The second kappa shape index (κ2) is 49.7. The summed E-state index contributed by atoms with van der Waals surface area (Å²) in [5.41, 5.74) is 9.03. The summed E-state index contributed by atoms with van der Waals surface area (Å²) in [6.07, 6.45) is 4.90. The average molecular weight is 1380 g/mol. The predicted molar refractivity (Wildman–Crippen MR) is 391 cm³/mol. The SMILES string of the molecule is CB(O)N[C@@H](C(=O)N[C@H](Cc1ccccc1)C(=O)C[C@H](CC(C)C)C(=O)O)[C@H](C)c1ccccc1.COC(=O)[C@@H](CCCCNB(C)O)NC(=O)[C@H](CC(=O)[C@@H](Cc1ccccc1)NC(=O)[C@H](NB(C)O)[C@H](C)c1ccccc1)CC(C)C.COC(=O)[C@H](N)CCCCNB(C)O.Cl. The number of carbonyl (C=O) groups excluding carboxylic acids is 7. The standard InChI is InChI=1S/C35H54B2N4O7.C27H37BN2O5.C8H19BN2O3.ClH/c1-24(2)21-28(33(43)39-29(35(45)48-6)19-13-14-20-38-36(4)46)23-31(42)30(22-26-15-9-7-10-16-26)40-34(44)32(41-37(5)47)25(3)27-17-11-8-12-18-27;1-18(2)15-22(27(33)34)17-24(31)23(16-20-11-7-5-8-12-20)29-26(32)25(30-28(4)35)19(3)21-13-9-6-10-14-21;1-9(13)11-6-4-3-5-7(10)8(12)14-2;/h7-12,15-18,24-25,28-30,32,38,41,46-47H,13-14,19-23H2,1-6H3,(H,39,43)(H,40,44);5-14,18-19,22-23,25,30,35H,15-17H2,1-4H3,(H,29,32)(H,33,34);7,11,13H,3-6,10H2,1-2H3;1H/t25-,28+,29-,30-,32-;19-,22+,23-,25-;7-;/m111./s1. The number of hydrogen-bond donors (Lipinski definition) is 13. The van der Waals surface area contributed by atoms with Gasteiger partial charge in [0, 0.05) is 30.6 Å². The van der Waals surface area contributed by atoms with Crippen molar-refractivity contribution in [3.8, 4) is 0 Å². The van der Waals surface area contributed by atoms with Crippen LogP contribution >= 0.6 is 12.4 Å². The first-order chi connectivity index (χ1) is 46.0. The van der Waals surface area contributed by atoms with Gasteiger partial charge in [0.2, 0.25) is 17.7 Å². The highest BCUT2D eigenvalue weighted by molar-refractivity contribution is 6.46. The number of methoxy groups -OCH3 is 2. The van der Waals surface area contributed by atoms with Crippen LogP contribution in [-0.2, 0) is 60.7 Å². The van der Waals surface area contributed by atoms with Crippen LogP contribution in [0.1, 0.15) is 140 Å². The molecular formula is C70H111B4ClN8O15. The summed E-state index contributed by atoms with van der Waals surface area (Å²) >= 11 is 0. The lowest BCUT2D eigenvalue weighted by atomic mass is 9.82. The number of aliphatic carboxylic acids is 1. The Kier molecular flexibility index (Phi) is 45.3. The number of unbranched alkanes of at least 4 members (excludes halogenated alkanes) is 2. The smallest absolute Gasteiger partial charge is 0.374 e. The number of amides is 3. The fourth-order valence-corrected chi connectivity index (χ4v) is 11.0. The first-order valence-corrected chi connectivity index (χ1v) is 34.0. The van der Waals surface area contributed by atoms with Crippen molar-refractivity contribution in [3.05, 3.63) is 144 Å². The van der Waals surface area contributed by atoms with Crippen molar-refractivity contribution in [3.63, 3.8) is 0 Å². The van der Waals surface area contributed by atoms with Crippen molar-refractivity contribution >= 4 is 87.8 Å². The van der Waals surface area contributed by atoms with Crippen LogP contribution in [-0.4, -0.2) is 164 Å². The molecule has 28 heteroatoms. The monoisotopic (exact) mass is 1380 g/mol. The van der Waals surface area contributed by atoms with Gasteiger partial charge in [-0.3, -0.25) is 33.6 Å². The van der Waals surface area contributed by atoms with E-state index >= 15 is 0 Å². The van der Waals surface area contributed by atoms with Gasteiger partial charge >= 0.3 is 46.1 Å². The molecule has 4 aromatic carbocycles. The number of nitrogens with one attached hydrogen (secondary N) is 7. The molecule has 0 heterocycles. The zero-order valence-electron chi connectivity index (χ0n) is 59.5. The van der Waals surface area contributed by atoms with Crippen LogP contribution in [0.4, 0.5) is 0 Å². The zero-order valence-corrected chi connectivity index (χ0v) is 60.3. The van der Waals surface area contributed by atoms with Gasteiger partial charge in [-0.15, -0.1) is 12.4 Å². The number of carbonyl (C=O) groups is 8. The van der Waals surface area contributed by atoms with Crippen molar-refractivity contribution in [2.75, 3.05) is 27.3 Å². The minimum absolute atomic E-state index is 0. The maximum absolute atomic E-state index is 14.1. The summed E-state index contributed by atoms with van der Waals surface area (Å²) in [6, 6.07) is 32.7. The van der Waals surface area contributed by atoms with E-state index in [0.717, 1.165) is 41.6 Å². The summed E-state index contributed by atoms with van der Waals surface area (Å²) < 4.78 is 9.44. The number of benzene rings is 4. The van der Waals surface area contributed by atoms with Gasteiger partial charge in [0.1, 0.15) is 12.1 Å². The lowest BCUT2D eigenvalue weighted by Crippen LogP contribution is -2.56. The molecule has 0 saturated heterocycles. The topological polar surface area (TPSA) is 366 Å². The van der Waals surface area contributed by atoms with Crippen LogP contribution in [0.5, 0.6) is 0 Å². The van der Waals surface area contributed by atoms with Gasteiger partial charge in [0.25, 0.3) is 0 Å². The third-order valence-electron chi connectivity index (χ3n) is 16.2. The molecule has 14 N–H and O–H groups in total. The Labute approximate surface area is 589 Å². The lowest BCUT2D eigenvalue weighted by molar-refractivity contribution is -0.146. The second-order valence-electron chi connectivity index (χ2n) is 25.8. The molecule has 4 rings (SSSR count). The minimum atomic E-state index is -1.01. The van der Waals surface area contributed by atoms with Crippen LogP contribution in [0.15, 0.2) is 121 Å². The molecule has 0 fully saturated rings. The molecule has 4 aromatic rings. The Morgan fingerprint density at radius 2 is 0.806 bits per heavy atom. The molecule has 98 heavy (non-hydrogen) atoms. The number of Topliss-reactive ketones (excluding diaryl/α,β-unsaturated/α-hetero) is 2. The molecule has 23 nitrogen and oxygen atoms in total. The summed E-state index contributed by atoms with van der Waals surface area (Å²) in [5, 5.41) is 68.3. The zero-order chi connectivity index (χ0) is 72.6. The number of nitrogens with two attached hydrogens (primary N) is 1. The molecule has 0 saturated carbocycles. The number of halogens is 1.